The van der Waals surface area contributed by atoms with Crippen molar-refractivity contribution in [3.8, 4) is 0 Å². The van der Waals surface area contributed by atoms with E-state index >= 15 is 0 Å². The predicted octanol–water partition coefficient (Wildman–Crippen LogP) is 2.79. The van der Waals surface area contributed by atoms with Crippen molar-refractivity contribution < 1.29 is 19.3 Å². The Labute approximate surface area is 154 Å². The van der Waals surface area contributed by atoms with Gasteiger partial charge in [-0.2, -0.15) is 0 Å². The van der Waals surface area contributed by atoms with Crippen LogP contribution in [0, 0.1) is 16.0 Å². The van der Waals surface area contributed by atoms with Crippen molar-refractivity contribution in [3.05, 3.63) is 64.2 Å². The van der Waals surface area contributed by atoms with Crippen molar-refractivity contribution in [2.24, 2.45) is 5.92 Å². The summed E-state index contributed by atoms with van der Waals surface area (Å²) >= 11 is 0. The summed E-state index contributed by atoms with van der Waals surface area (Å²) in [5, 5.41) is 13.5. The van der Waals surface area contributed by atoms with Gasteiger partial charge in [-0.05, 0) is 43.3 Å². The first-order valence-electron chi connectivity index (χ1n) is 8.32. The maximum absolute atomic E-state index is 12.5. The lowest BCUT2D eigenvalue weighted by Gasteiger charge is -2.16. The molecule has 8 heteroatoms. The molecule has 2 aromatic carbocycles. The van der Waals surface area contributed by atoms with Crippen LogP contribution in [0.25, 0.3) is 0 Å². The number of nitrogens with zero attached hydrogens (tertiary/aromatic N) is 2. The van der Waals surface area contributed by atoms with Crippen molar-refractivity contribution in [2.75, 3.05) is 16.8 Å². The molecule has 2 amide bonds. The Balaban J connectivity index is 1.66. The molecule has 1 fully saturated rings. The van der Waals surface area contributed by atoms with E-state index in [-0.39, 0.29) is 36.3 Å². The number of hydrogen-bond donors (Lipinski definition) is 1. The van der Waals surface area contributed by atoms with E-state index in [0.717, 1.165) is 0 Å². The molecule has 0 aromatic heterocycles. The van der Waals surface area contributed by atoms with Gasteiger partial charge < -0.3 is 10.2 Å². The number of nitro groups is 1. The number of carbonyl (C=O) groups excluding carboxylic acids is 3. The zero-order chi connectivity index (χ0) is 19.6. The van der Waals surface area contributed by atoms with Gasteiger partial charge in [0.1, 0.15) is 0 Å². The van der Waals surface area contributed by atoms with Crippen molar-refractivity contribution in [1.82, 2.24) is 0 Å². The number of nitrogens with one attached hydrogen (secondary N) is 1. The minimum Gasteiger partial charge on any atom is -0.326 e. The average molecular weight is 367 g/mol. The van der Waals surface area contributed by atoms with Gasteiger partial charge >= 0.3 is 0 Å². The molecule has 2 aromatic rings. The minimum absolute atomic E-state index is 0.0614. The normalized spacial score (nSPS) is 16.3. The number of hydrogen-bond acceptors (Lipinski definition) is 5. The zero-order valence-electron chi connectivity index (χ0n) is 14.5. The maximum atomic E-state index is 12.5. The lowest BCUT2D eigenvalue weighted by molar-refractivity contribution is -0.384. The summed E-state index contributed by atoms with van der Waals surface area (Å²) in [6.07, 6.45) is 0.0638. The number of anilines is 2. The first-order valence-corrected chi connectivity index (χ1v) is 8.32. The standard InChI is InChI=1S/C19H17N3O5/c1-12(23)13-2-4-15(5-3-13)20-19(25)14-10-18(24)21(11-14)16-6-8-17(9-7-16)22(26)27/h2-9,14H,10-11H2,1H3,(H,20,25)/t14-/m0/s1. The summed E-state index contributed by atoms with van der Waals surface area (Å²) in [5.74, 6) is -1.09. The molecule has 1 heterocycles. The lowest BCUT2D eigenvalue weighted by Crippen LogP contribution is -2.28. The summed E-state index contributed by atoms with van der Waals surface area (Å²) in [7, 11) is 0. The van der Waals surface area contributed by atoms with Gasteiger partial charge in [0.2, 0.25) is 11.8 Å². The molecule has 0 aliphatic carbocycles. The summed E-state index contributed by atoms with van der Waals surface area (Å²) in [5.41, 5.74) is 1.56. The number of ketones is 1. The molecule has 1 aliphatic rings. The Morgan fingerprint density at radius 1 is 1.11 bits per heavy atom. The number of non-ortho nitro benzene ring substituents is 1. The Hall–Kier alpha value is -3.55. The van der Waals surface area contributed by atoms with Crippen molar-refractivity contribution in [2.45, 2.75) is 13.3 Å². The van der Waals surface area contributed by atoms with Crippen LogP contribution in [-0.4, -0.2) is 29.1 Å². The molecule has 0 radical (unpaired) electrons. The Bertz CT molecular complexity index is 906. The fourth-order valence-electron chi connectivity index (χ4n) is 2.92. The van der Waals surface area contributed by atoms with Gasteiger partial charge in [-0.1, -0.05) is 0 Å². The lowest BCUT2D eigenvalue weighted by atomic mass is 10.1. The summed E-state index contributed by atoms with van der Waals surface area (Å²) in [4.78, 5) is 47.7. The van der Waals surface area contributed by atoms with Gasteiger partial charge in [-0.25, -0.2) is 0 Å². The van der Waals surface area contributed by atoms with Crippen LogP contribution in [0.1, 0.15) is 23.7 Å². The fourth-order valence-corrected chi connectivity index (χ4v) is 2.92. The van der Waals surface area contributed by atoms with Crippen LogP contribution in [0.4, 0.5) is 17.1 Å². The van der Waals surface area contributed by atoms with Gasteiger partial charge in [-0.3, -0.25) is 24.5 Å². The molecular weight excluding hydrogens is 350 g/mol. The highest BCUT2D eigenvalue weighted by atomic mass is 16.6. The van der Waals surface area contributed by atoms with E-state index in [0.29, 0.717) is 16.9 Å². The van der Waals surface area contributed by atoms with Crippen LogP contribution in [0.15, 0.2) is 48.5 Å². The number of Topliss-reactive ketones (excluding diaryl/α,β-unsaturated/α-hetero) is 1. The molecule has 0 saturated carbocycles. The molecule has 138 valence electrons. The van der Waals surface area contributed by atoms with Gasteiger partial charge in [0, 0.05) is 42.0 Å². The van der Waals surface area contributed by atoms with Crippen molar-refractivity contribution >= 4 is 34.7 Å². The third kappa shape index (κ3) is 4.00. The third-order valence-corrected chi connectivity index (χ3v) is 4.43. The first kappa shape index (κ1) is 18.2. The minimum atomic E-state index is -0.528. The van der Waals surface area contributed by atoms with Crippen LogP contribution in [0.3, 0.4) is 0 Å². The van der Waals surface area contributed by atoms with Gasteiger partial charge in [0.15, 0.2) is 5.78 Å². The van der Waals surface area contributed by atoms with Gasteiger partial charge in [-0.15, -0.1) is 0 Å². The van der Waals surface area contributed by atoms with Crippen LogP contribution in [-0.2, 0) is 9.59 Å². The number of carbonyl (C=O) groups is 3. The monoisotopic (exact) mass is 367 g/mol. The second kappa shape index (κ2) is 7.36. The number of amides is 2. The number of nitro benzene ring substituents is 1. The Morgan fingerprint density at radius 3 is 2.30 bits per heavy atom. The number of benzene rings is 2. The second-order valence-electron chi connectivity index (χ2n) is 6.30. The summed E-state index contributed by atoms with van der Waals surface area (Å²) in [6.45, 7) is 1.67. The van der Waals surface area contributed by atoms with Crippen molar-refractivity contribution in [3.63, 3.8) is 0 Å². The molecule has 8 nitrogen and oxygen atoms in total. The first-order chi connectivity index (χ1) is 12.8. The molecule has 27 heavy (non-hydrogen) atoms. The Kier molecular flexibility index (Phi) is 4.98. The molecule has 1 saturated heterocycles. The largest absolute Gasteiger partial charge is 0.326 e. The maximum Gasteiger partial charge on any atom is 0.269 e. The fraction of sp³-hybridized carbons (Fsp3) is 0.211. The molecule has 1 atom stereocenters. The van der Waals surface area contributed by atoms with E-state index in [1.54, 1.807) is 24.3 Å². The topological polar surface area (TPSA) is 110 Å². The highest BCUT2D eigenvalue weighted by molar-refractivity contribution is 6.03. The third-order valence-electron chi connectivity index (χ3n) is 4.43. The van der Waals surface area contributed by atoms with E-state index < -0.39 is 10.8 Å². The predicted molar refractivity (Wildman–Crippen MR) is 98.6 cm³/mol. The van der Waals surface area contributed by atoms with Gasteiger partial charge in [0.25, 0.3) is 5.69 Å². The highest BCUT2D eigenvalue weighted by Crippen LogP contribution is 2.27. The highest BCUT2D eigenvalue weighted by Gasteiger charge is 2.35. The van der Waals surface area contributed by atoms with Gasteiger partial charge in [0.05, 0.1) is 10.8 Å². The molecule has 0 spiro atoms. The molecule has 0 bridgehead atoms. The summed E-state index contributed by atoms with van der Waals surface area (Å²) in [6, 6.07) is 12.2. The smallest absolute Gasteiger partial charge is 0.269 e. The average Bonchev–Trinajstić information content (AvgIpc) is 3.04. The molecule has 1 N–H and O–H groups in total. The van der Waals surface area contributed by atoms with Crippen molar-refractivity contribution in [1.29, 1.82) is 0 Å². The molecule has 3 rings (SSSR count). The van der Waals surface area contributed by atoms with Crippen LogP contribution < -0.4 is 10.2 Å². The Morgan fingerprint density at radius 2 is 1.74 bits per heavy atom. The SMILES string of the molecule is CC(=O)c1ccc(NC(=O)[C@H]2CC(=O)N(c3ccc([N+](=O)[O-])cc3)C2)cc1. The van der Waals surface area contributed by atoms with E-state index in [1.807, 2.05) is 0 Å². The molecular formula is C19H17N3O5. The van der Waals surface area contributed by atoms with E-state index in [2.05, 4.69) is 5.32 Å². The zero-order valence-corrected chi connectivity index (χ0v) is 14.5. The molecule has 1 aliphatic heterocycles. The van der Waals surface area contributed by atoms with E-state index in [1.165, 1.54) is 36.1 Å². The second-order valence-corrected chi connectivity index (χ2v) is 6.30. The molecule has 0 unspecified atom stereocenters. The van der Waals surface area contributed by atoms with E-state index in [4.69, 9.17) is 0 Å². The number of rotatable bonds is 5. The van der Waals surface area contributed by atoms with E-state index in [9.17, 15) is 24.5 Å². The van der Waals surface area contributed by atoms with Crippen LogP contribution in [0.2, 0.25) is 0 Å². The quantitative estimate of drug-likeness (QED) is 0.496. The van der Waals surface area contributed by atoms with Crippen LogP contribution >= 0.6 is 0 Å². The summed E-state index contributed by atoms with van der Waals surface area (Å²) < 4.78 is 0. The van der Waals surface area contributed by atoms with Crippen LogP contribution in [0.5, 0.6) is 0 Å².